The number of nitrogens with two attached hydrogens (primary N) is 2. The number of hydrogen-bond donors (Lipinski definition) is 2. The monoisotopic (exact) mass is 224 g/mol. The fourth-order valence-corrected chi connectivity index (χ4v) is 1.38. The molecule has 0 heterocycles. The molecule has 4 nitrogen and oxygen atoms in total. The summed E-state index contributed by atoms with van der Waals surface area (Å²) < 4.78 is 10.8. The first-order valence-corrected chi connectivity index (χ1v) is 5.49. The summed E-state index contributed by atoms with van der Waals surface area (Å²) in [6.45, 7) is 3.15. The second-order valence-corrected chi connectivity index (χ2v) is 3.60. The van der Waals surface area contributed by atoms with Crippen LogP contribution in [-0.4, -0.2) is 20.3 Å². The minimum Gasteiger partial charge on any atom is -0.493 e. The van der Waals surface area contributed by atoms with Crippen molar-refractivity contribution in [2.75, 3.05) is 20.3 Å². The van der Waals surface area contributed by atoms with Crippen LogP contribution >= 0.6 is 0 Å². The van der Waals surface area contributed by atoms with Gasteiger partial charge in [0, 0.05) is 12.6 Å². The van der Waals surface area contributed by atoms with E-state index in [1.165, 1.54) is 0 Å². The fourth-order valence-electron chi connectivity index (χ4n) is 1.38. The topological polar surface area (TPSA) is 70.5 Å². The number of ether oxygens (including phenoxy) is 2. The molecule has 0 aliphatic carbocycles. The highest BCUT2D eigenvalue weighted by Gasteiger charge is 2.09. The molecule has 4 heteroatoms. The van der Waals surface area contributed by atoms with Crippen molar-refractivity contribution in [3.05, 3.63) is 23.8 Å². The van der Waals surface area contributed by atoms with Gasteiger partial charge in [-0.1, -0.05) is 13.0 Å². The Labute approximate surface area is 96.5 Å². The molecule has 90 valence electrons. The van der Waals surface area contributed by atoms with Crippen LogP contribution in [0.4, 0.5) is 0 Å². The molecule has 1 unspecified atom stereocenters. The van der Waals surface area contributed by atoms with E-state index >= 15 is 0 Å². The second kappa shape index (κ2) is 6.35. The summed E-state index contributed by atoms with van der Waals surface area (Å²) in [7, 11) is 1.62. The molecular weight excluding hydrogens is 204 g/mol. The van der Waals surface area contributed by atoms with E-state index in [0.717, 1.165) is 17.7 Å². The first-order chi connectivity index (χ1) is 7.72. The van der Waals surface area contributed by atoms with Crippen molar-refractivity contribution in [1.29, 1.82) is 0 Å². The molecule has 0 aromatic heterocycles. The minimum absolute atomic E-state index is 0.158. The molecule has 0 spiro atoms. The van der Waals surface area contributed by atoms with Crippen molar-refractivity contribution in [3.63, 3.8) is 0 Å². The van der Waals surface area contributed by atoms with Gasteiger partial charge in [0.15, 0.2) is 11.5 Å². The van der Waals surface area contributed by atoms with E-state index in [2.05, 4.69) is 6.92 Å². The smallest absolute Gasteiger partial charge is 0.161 e. The van der Waals surface area contributed by atoms with Gasteiger partial charge in [-0.3, -0.25) is 0 Å². The SMILES string of the molecule is CCCOc1ccc(C(N)CN)cc1OC. The van der Waals surface area contributed by atoms with Gasteiger partial charge >= 0.3 is 0 Å². The molecule has 0 aliphatic rings. The van der Waals surface area contributed by atoms with Gasteiger partial charge in [0.05, 0.1) is 13.7 Å². The van der Waals surface area contributed by atoms with E-state index in [0.29, 0.717) is 18.9 Å². The van der Waals surface area contributed by atoms with Crippen molar-refractivity contribution >= 4 is 0 Å². The standard InChI is InChI=1S/C12H20N2O2/c1-3-6-16-11-5-4-9(10(14)8-13)7-12(11)15-2/h4-5,7,10H,3,6,8,13-14H2,1-2H3. The molecular formula is C12H20N2O2. The fraction of sp³-hybridized carbons (Fsp3) is 0.500. The quantitative estimate of drug-likeness (QED) is 0.767. The number of rotatable bonds is 6. The molecule has 1 aromatic carbocycles. The van der Waals surface area contributed by atoms with Gasteiger partial charge in [0.25, 0.3) is 0 Å². The largest absolute Gasteiger partial charge is 0.493 e. The summed E-state index contributed by atoms with van der Waals surface area (Å²) in [6, 6.07) is 5.52. The molecule has 4 N–H and O–H groups in total. The molecule has 1 rings (SSSR count). The molecule has 0 saturated heterocycles. The highest BCUT2D eigenvalue weighted by Crippen LogP contribution is 2.29. The predicted molar refractivity (Wildman–Crippen MR) is 64.8 cm³/mol. The van der Waals surface area contributed by atoms with Crippen LogP contribution in [0.1, 0.15) is 24.9 Å². The first-order valence-electron chi connectivity index (χ1n) is 5.49. The molecule has 16 heavy (non-hydrogen) atoms. The Bertz CT molecular complexity index is 329. The van der Waals surface area contributed by atoms with Gasteiger partial charge < -0.3 is 20.9 Å². The van der Waals surface area contributed by atoms with Crippen LogP contribution in [0.15, 0.2) is 18.2 Å². The lowest BCUT2D eigenvalue weighted by Gasteiger charge is -2.14. The van der Waals surface area contributed by atoms with Gasteiger partial charge in [0.1, 0.15) is 0 Å². The molecule has 0 radical (unpaired) electrons. The highest BCUT2D eigenvalue weighted by molar-refractivity contribution is 5.43. The summed E-state index contributed by atoms with van der Waals surface area (Å²) in [6.07, 6.45) is 0.965. The Morgan fingerprint density at radius 1 is 1.31 bits per heavy atom. The zero-order valence-corrected chi connectivity index (χ0v) is 9.90. The van der Waals surface area contributed by atoms with E-state index in [1.807, 2.05) is 18.2 Å². The molecule has 0 saturated carbocycles. The Kier molecular flexibility index (Phi) is 5.08. The summed E-state index contributed by atoms with van der Waals surface area (Å²) >= 11 is 0. The summed E-state index contributed by atoms with van der Waals surface area (Å²) in [4.78, 5) is 0. The Hall–Kier alpha value is -1.26. The number of hydrogen-bond acceptors (Lipinski definition) is 4. The minimum atomic E-state index is -0.158. The highest BCUT2D eigenvalue weighted by atomic mass is 16.5. The predicted octanol–water partition coefficient (Wildman–Crippen LogP) is 1.44. The lowest BCUT2D eigenvalue weighted by molar-refractivity contribution is 0.294. The molecule has 1 atom stereocenters. The van der Waals surface area contributed by atoms with Crippen molar-refractivity contribution < 1.29 is 9.47 Å². The van der Waals surface area contributed by atoms with Crippen LogP contribution in [0.2, 0.25) is 0 Å². The van der Waals surface area contributed by atoms with Gasteiger partial charge in [-0.25, -0.2) is 0 Å². The van der Waals surface area contributed by atoms with Crippen molar-refractivity contribution in [2.45, 2.75) is 19.4 Å². The number of methoxy groups -OCH3 is 1. The maximum atomic E-state index is 5.85. The second-order valence-electron chi connectivity index (χ2n) is 3.60. The third kappa shape index (κ3) is 3.12. The van der Waals surface area contributed by atoms with Crippen LogP contribution in [0.5, 0.6) is 11.5 Å². The van der Waals surface area contributed by atoms with E-state index in [4.69, 9.17) is 20.9 Å². The van der Waals surface area contributed by atoms with Crippen molar-refractivity contribution in [3.8, 4) is 11.5 Å². The lowest BCUT2D eigenvalue weighted by atomic mass is 10.1. The maximum absolute atomic E-state index is 5.85. The first kappa shape index (κ1) is 12.8. The van der Waals surface area contributed by atoms with Gasteiger partial charge in [-0.15, -0.1) is 0 Å². The van der Waals surface area contributed by atoms with Crippen LogP contribution in [0.3, 0.4) is 0 Å². The Morgan fingerprint density at radius 3 is 2.62 bits per heavy atom. The van der Waals surface area contributed by atoms with Crippen molar-refractivity contribution in [2.24, 2.45) is 11.5 Å². The van der Waals surface area contributed by atoms with E-state index in [9.17, 15) is 0 Å². The third-order valence-corrected chi connectivity index (χ3v) is 2.33. The summed E-state index contributed by atoms with van der Waals surface area (Å²) in [5, 5.41) is 0. The average Bonchev–Trinajstić information content (AvgIpc) is 2.35. The van der Waals surface area contributed by atoms with E-state index < -0.39 is 0 Å². The third-order valence-electron chi connectivity index (χ3n) is 2.33. The van der Waals surface area contributed by atoms with Gasteiger partial charge in [-0.05, 0) is 24.1 Å². The number of benzene rings is 1. The summed E-state index contributed by atoms with van der Waals surface area (Å²) in [5.41, 5.74) is 12.3. The average molecular weight is 224 g/mol. The molecule has 0 aliphatic heterocycles. The zero-order chi connectivity index (χ0) is 12.0. The maximum Gasteiger partial charge on any atom is 0.161 e. The molecule has 0 bridgehead atoms. The normalized spacial score (nSPS) is 12.2. The van der Waals surface area contributed by atoms with Crippen LogP contribution < -0.4 is 20.9 Å². The molecule has 0 fully saturated rings. The van der Waals surface area contributed by atoms with Gasteiger partial charge in [-0.2, -0.15) is 0 Å². The molecule has 1 aromatic rings. The summed E-state index contributed by atoms with van der Waals surface area (Å²) in [5.74, 6) is 1.45. The van der Waals surface area contributed by atoms with Crippen molar-refractivity contribution in [1.82, 2.24) is 0 Å². The van der Waals surface area contributed by atoms with Crippen LogP contribution in [-0.2, 0) is 0 Å². The van der Waals surface area contributed by atoms with Gasteiger partial charge in [0.2, 0.25) is 0 Å². The van der Waals surface area contributed by atoms with Crippen LogP contribution in [0.25, 0.3) is 0 Å². The molecule has 0 amide bonds. The zero-order valence-electron chi connectivity index (χ0n) is 9.90. The Morgan fingerprint density at radius 2 is 2.06 bits per heavy atom. The van der Waals surface area contributed by atoms with E-state index in [1.54, 1.807) is 7.11 Å². The Balaban J connectivity index is 2.88. The van der Waals surface area contributed by atoms with Crippen LogP contribution in [0, 0.1) is 0 Å². The van der Waals surface area contributed by atoms with E-state index in [-0.39, 0.29) is 6.04 Å². The lowest BCUT2D eigenvalue weighted by Crippen LogP contribution is -2.20.